The Morgan fingerprint density at radius 1 is 1.14 bits per heavy atom. The lowest BCUT2D eigenvalue weighted by molar-refractivity contribution is -0.141. The molecular weight excluding hydrogens is 282 g/mol. The van der Waals surface area contributed by atoms with Crippen LogP contribution in [-0.4, -0.2) is 40.6 Å². The van der Waals surface area contributed by atoms with Crippen LogP contribution >= 0.6 is 0 Å². The van der Waals surface area contributed by atoms with Crippen molar-refractivity contribution in [2.75, 3.05) is 6.54 Å². The predicted octanol–water partition coefficient (Wildman–Crippen LogP) is 2.70. The standard InChI is InChI=1S/C17H21NO4/c19-16(18-10-4-9-15(18)17(20)21)12-5-3-8-14(11-12)22-13-6-1-2-7-13/h3,5,8,11,13,15H,1-2,4,6-7,9-10H2,(H,20,21). The lowest BCUT2D eigenvalue weighted by Crippen LogP contribution is -2.40. The molecule has 1 atom stereocenters. The number of ether oxygens (including phenoxy) is 1. The number of hydrogen-bond donors (Lipinski definition) is 1. The van der Waals surface area contributed by atoms with Crippen LogP contribution in [0, 0.1) is 0 Å². The second kappa shape index (κ2) is 6.38. The van der Waals surface area contributed by atoms with E-state index in [1.807, 2.05) is 6.07 Å². The molecule has 0 radical (unpaired) electrons. The summed E-state index contributed by atoms with van der Waals surface area (Å²) in [5.41, 5.74) is 0.503. The molecule has 1 heterocycles. The first kappa shape index (κ1) is 14.9. The number of carboxylic acid groups (broad SMARTS) is 1. The maximum absolute atomic E-state index is 12.6. The molecular formula is C17H21NO4. The molecule has 2 aliphatic rings. The first-order chi connectivity index (χ1) is 10.6. The molecule has 5 nitrogen and oxygen atoms in total. The molecule has 1 amide bonds. The average molecular weight is 303 g/mol. The number of likely N-dealkylation sites (tertiary alicyclic amines) is 1. The second-order valence-corrected chi connectivity index (χ2v) is 6.05. The van der Waals surface area contributed by atoms with E-state index >= 15 is 0 Å². The van der Waals surface area contributed by atoms with E-state index in [9.17, 15) is 14.7 Å². The van der Waals surface area contributed by atoms with Crippen molar-refractivity contribution in [2.24, 2.45) is 0 Å². The predicted molar refractivity (Wildman–Crippen MR) is 81.0 cm³/mol. The fraction of sp³-hybridized carbons (Fsp3) is 0.529. The number of benzene rings is 1. The molecule has 1 saturated carbocycles. The van der Waals surface area contributed by atoms with Gasteiger partial charge in [0.25, 0.3) is 5.91 Å². The van der Waals surface area contributed by atoms with Crippen LogP contribution in [0.5, 0.6) is 5.75 Å². The zero-order valence-corrected chi connectivity index (χ0v) is 12.5. The van der Waals surface area contributed by atoms with Crippen molar-refractivity contribution in [3.8, 4) is 5.75 Å². The molecule has 1 N–H and O–H groups in total. The minimum absolute atomic E-state index is 0.221. The Kier molecular flexibility index (Phi) is 4.32. The highest BCUT2D eigenvalue weighted by atomic mass is 16.5. The van der Waals surface area contributed by atoms with Crippen molar-refractivity contribution in [3.63, 3.8) is 0 Å². The number of rotatable bonds is 4. The number of carbonyl (C=O) groups excluding carboxylic acids is 1. The van der Waals surface area contributed by atoms with Gasteiger partial charge in [-0.1, -0.05) is 6.07 Å². The lowest BCUT2D eigenvalue weighted by Gasteiger charge is -2.22. The maximum atomic E-state index is 12.6. The lowest BCUT2D eigenvalue weighted by atomic mass is 10.1. The Morgan fingerprint density at radius 2 is 1.91 bits per heavy atom. The summed E-state index contributed by atoms with van der Waals surface area (Å²) in [6.45, 7) is 0.503. The highest BCUT2D eigenvalue weighted by Crippen LogP contribution is 2.26. The third kappa shape index (κ3) is 3.08. The van der Waals surface area contributed by atoms with Gasteiger partial charge in [0.2, 0.25) is 0 Å². The van der Waals surface area contributed by atoms with Gasteiger partial charge in [0, 0.05) is 12.1 Å². The van der Waals surface area contributed by atoms with Gasteiger partial charge in [-0.05, 0) is 56.7 Å². The molecule has 5 heteroatoms. The van der Waals surface area contributed by atoms with Gasteiger partial charge in [-0.25, -0.2) is 4.79 Å². The van der Waals surface area contributed by atoms with Gasteiger partial charge in [0.15, 0.2) is 0 Å². The van der Waals surface area contributed by atoms with Crippen LogP contribution in [0.25, 0.3) is 0 Å². The third-order valence-electron chi connectivity index (χ3n) is 4.48. The number of nitrogens with zero attached hydrogens (tertiary/aromatic N) is 1. The summed E-state index contributed by atoms with van der Waals surface area (Å²) in [4.78, 5) is 25.2. The van der Waals surface area contributed by atoms with Crippen LogP contribution in [-0.2, 0) is 4.79 Å². The van der Waals surface area contributed by atoms with E-state index in [-0.39, 0.29) is 12.0 Å². The van der Waals surface area contributed by atoms with Gasteiger partial charge >= 0.3 is 5.97 Å². The maximum Gasteiger partial charge on any atom is 0.326 e. The Balaban J connectivity index is 1.73. The van der Waals surface area contributed by atoms with Crippen molar-refractivity contribution in [2.45, 2.75) is 50.7 Å². The summed E-state index contributed by atoms with van der Waals surface area (Å²) >= 11 is 0. The summed E-state index contributed by atoms with van der Waals surface area (Å²) in [6.07, 6.45) is 6.01. The van der Waals surface area contributed by atoms with E-state index in [1.165, 1.54) is 17.7 Å². The van der Waals surface area contributed by atoms with E-state index < -0.39 is 12.0 Å². The molecule has 22 heavy (non-hydrogen) atoms. The molecule has 2 fully saturated rings. The number of hydrogen-bond acceptors (Lipinski definition) is 3. The van der Waals surface area contributed by atoms with Crippen LogP contribution in [0.4, 0.5) is 0 Å². The minimum atomic E-state index is -0.927. The topological polar surface area (TPSA) is 66.8 Å². The quantitative estimate of drug-likeness (QED) is 0.928. The number of aliphatic carboxylic acids is 1. The molecule has 0 bridgehead atoms. The number of amides is 1. The van der Waals surface area contributed by atoms with Crippen molar-refractivity contribution in [1.82, 2.24) is 4.90 Å². The number of carbonyl (C=O) groups is 2. The zero-order valence-electron chi connectivity index (χ0n) is 12.5. The molecule has 0 spiro atoms. The van der Waals surface area contributed by atoms with Crippen LogP contribution in [0.3, 0.4) is 0 Å². The summed E-state index contributed by atoms with van der Waals surface area (Å²) in [7, 11) is 0. The van der Waals surface area contributed by atoms with Crippen LogP contribution in [0.2, 0.25) is 0 Å². The number of carboxylic acids is 1. The molecule has 1 aliphatic carbocycles. The fourth-order valence-corrected chi connectivity index (χ4v) is 3.33. The van der Waals surface area contributed by atoms with E-state index in [0.717, 1.165) is 19.3 Å². The largest absolute Gasteiger partial charge is 0.490 e. The average Bonchev–Trinajstić information content (AvgIpc) is 3.17. The van der Waals surface area contributed by atoms with Gasteiger partial charge < -0.3 is 14.7 Å². The van der Waals surface area contributed by atoms with Crippen LogP contribution < -0.4 is 4.74 Å². The van der Waals surface area contributed by atoms with Gasteiger partial charge in [-0.2, -0.15) is 0 Å². The first-order valence-electron chi connectivity index (χ1n) is 7.95. The summed E-state index contributed by atoms with van der Waals surface area (Å²) in [5.74, 6) is -0.449. The monoisotopic (exact) mass is 303 g/mol. The van der Waals surface area contributed by atoms with E-state index in [2.05, 4.69) is 0 Å². The van der Waals surface area contributed by atoms with Gasteiger partial charge in [0.1, 0.15) is 11.8 Å². The van der Waals surface area contributed by atoms with E-state index in [1.54, 1.807) is 18.2 Å². The SMILES string of the molecule is O=C(O)C1CCCN1C(=O)c1cccc(OC2CCCC2)c1. The smallest absolute Gasteiger partial charge is 0.326 e. The van der Waals surface area contributed by atoms with E-state index in [4.69, 9.17) is 4.74 Å². The fourth-order valence-electron chi connectivity index (χ4n) is 3.33. The van der Waals surface area contributed by atoms with Gasteiger partial charge in [0.05, 0.1) is 6.10 Å². The van der Waals surface area contributed by atoms with E-state index in [0.29, 0.717) is 24.3 Å². The van der Waals surface area contributed by atoms with Gasteiger partial charge in [-0.15, -0.1) is 0 Å². The summed E-state index contributed by atoms with van der Waals surface area (Å²) in [6, 6.07) is 6.41. The zero-order chi connectivity index (χ0) is 15.5. The summed E-state index contributed by atoms with van der Waals surface area (Å²) < 4.78 is 5.92. The van der Waals surface area contributed by atoms with Crippen molar-refractivity contribution < 1.29 is 19.4 Å². The van der Waals surface area contributed by atoms with Crippen molar-refractivity contribution >= 4 is 11.9 Å². The first-order valence-corrected chi connectivity index (χ1v) is 7.95. The minimum Gasteiger partial charge on any atom is -0.490 e. The van der Waals surface area contributed by atoms with Crippen LogP contribution in [0.1, 0.15) is 48.9 Å². The summed E-state index contributed by atoms with van der Waals surface area (Å²) in [5, 5.41) is 9.21. The molecule has 1 saturated heterocycles. The molecule has 1 unspecified atom stereocenters. The second-order valence-electron chi connectivity index (χ2n) is 6.05. The van der Waals surface area contributed by atoms with Crippen molar-refractivity contribution in [1.29, 1.82) is 0 Å². The molecule has 1 aromatic carbocycles. The molecule has 1 aromatic rings. The highest BCUT2D eigenvalue weighted by Gasteiger charge is 2.34. The van der Waals surface area contributed by atoms with Gasteiger partial charge in [-0.3, -0.25) is 4.79 Å². The Labute approximate surface area is 129 Å². The molecule has 3 rings (SSSR count). The van der Waals surface area contributed by atoms with Crippen molar-refractivity contribution in [3.05, 3.63) is 29.8 Å². The normalized spacial score (nSPS) is 22.0. The Hall–Kier alpha value is -2.04. The third-order valence-corrected chi connectivity index (χ3v) is 4.48. The molecule has 1 aliphatic heterocycles. The van der Waals surface area contributed by atoms with Crippen LogP contribution in [0.15, 0.2) is 24.3 Å². The Morgan fingerprint density at radius 3 is 2.64 bits per heavy atom. The molecule has 118 valence electrons. The highest BCUT2D eigenvalue weighted by molar-refractivity contribution is 5.97. The molecule has 0 aromatic heterocycles. The Bertz CT molecular complexity index is 566.